The lowest BCUT2D eigenvalue weighted by atomic mass is 10.2. The molecule has 0 aliphatic carbocycles. The standard InChI is InChI=1S/C20H22O8/c1-23-13-7-5-8-14(24-2)19(13)27-17(21)11-12-18(22)28-20-15(25-3)9-6-10-16(20)26-4/h5-10H,11-12H2,1-4H3. The van der Waals surface area contributed by atoms with Crippen molar-refractivity contribution in [3.05, 3.63) is 36.4 Å². The fraction of sp³-hybridized carbons (Fsp3) is 0.300. The molecular weight excluding hydrogens is 368 g/mol. The van der Waals surface area contributed by atoms with Gasteiger partial charge in [0.25, 0.3) is 0 Å². The molecule has 0 saturated carbocycles. The first kappa shape index (κ1) is 20.9. The smallest absolute Gasteiger partial charge is 0.312 e. The molecule has 2 rings (SSSR count). The minimum atomic E-state index is -0.633. The molecule has 0 N–H and O–H groups in total. The number of rotatable bonds is 9. The maximum absolute atomic E-state index is 12.2. The third-order valence-corrected chi connectivity index (χ3v) is 3.73. The molecule has 8 nitrogen and oxygen atoms in total. The Morgan fingerprint density at radius 2 is 0.893 bits per heavy atom. The molecule has 0 spiro atoms. The van der Waals surface area contributed by atoms with Crippen molar-refractivity contribution < 1.29 is 38.0 Å². The Morgan fingerprint density at radius 3 is 1.14 bits per heavy atom. The SMILES string of the molecule is COc1cccc(OC)c1OC(=O)CCC(=O)Oc1c(OC)cccc1OC. The predicted octanol–water partition coefficient (Wildman–Crippen LogP) is 3.01. The molecule has 0 unspecified atom stereocenters. The van der Waals surface area contributed by atoms with Gasteiger partial charge in [0.15, 0.2) is 23.0 Å². The van der Waals surface area contributed by atoms with E-state index in [1.54, 1.807) is 36.4 Å². The Labute approximate surface area is 162 Å². The predicted molar refractivity (Wildman–Crippen MR) is 99.6 cm³/mol. The second-order valence-electron chi connectivity index (χ2n) is 5.43. The van der Waals surface area contributed by atoms with Crippen molar-refractivity contribution in [2.75, 3.05) is 28.4 Å². The second-order valence-corrected chi connectivity index (χ2v) is 5.43. The largest absolute Gasteiger partial charge is 0.493 e. The van der Waals surface area contributed by atoms with Gasteiger partial charge in [0, 0.05) is 0 Å². The van der Waals surface area contributed by atoms with Crippen molar-refractivity contribution >= 4 is 11.9 Å². The quantitative estimate of drug-likeness (QED) is 0.477. The van der Waals surface area contributed by atoms with E-state index in [2.05, 4.69) is 0 Å². The summed E-state index contributed by atoms with van der Waals surface area (Å²) in [5.41, 5.74) is 0. The third kappa shape index (κ3) is 5.06. The highest BCUT2D eigenvalue weighted by molar-refractivity contribution is 5.81. The maximum Gasteiger partial charge on any atom is 0.312 e. The fourth-order valence-corrected chi connectivity index (χ4v) is 2.37. The van der Waals surface area contributed by atoms with E-state index in [-0.39, 0.29) is 24.3 Å². The van der Waals surface area contributed by atoms with Crippen LogP contribution in [0.25, 0.3) is 0 Å². The van der Waals surface area contributed by atoms with Crippen LogP contribution in [0.1, 0.15) is 12.8 Å². The molecule has 0 heterocycles. The topological polar surface area (TPSA) is 89.5 Å². The van der Waals surface area contributed by atoms with Crippen LogP contribution in [0.15, 0.2) is 36.4 Å². The molecule has 8 heteroatoms. The lowest BCUT2D eigenvalue weighted by Gasteiger charge is -2.13. The lowest BCUT2D eigenvalue weighted by molar-refractivity contribution is -0.140. The van der Waals surface area contributed by atoms with Gasteiger partial charge in [0.1, 0.15) is 0 Å². The summed E-state index contributed by atoms with van der Waals surface area (Å²) < 4.78 is 31.3. The first-order valence-corrected chi connectivity index (χ1v) is 8.37. The van der Waals surface area contributed by atoms with E-state index >= 15 is 0 Å². The van der Waals surface area contributed by atoms with Gasteiger partial charge in [-0.2, -0.15) is 0 Å². The molecule has 2 aromatic carbocycles. The number of esters is 2. The number of carbonyl (C=O) groups excluding carboxylic acids is 2. The maximum atomic E-state index is 12.2. The number of methoxy groups -OCH3 is 4. The van der Waals surface area contributed by atoms with Crippen LogP contribution in [0.5, 0.6) is 34.5 Å². The molecule has 0 aliphatic heterocycles. The van der Waals surface area contributed by atoms with Crippen LogP contribution >= 0.6 is 0 Å². The number of para-hydroxylation sites is 2. The minimum absolute atomic E-state index is 0.150. The zero-order valence-corrected chi connectivity index (χ0v) is 16.1. The van der Waals surface area contributed by atoms with Crippen LogP contribution in [0, 0.1) is 0 Å². The van der Waals surface area contributed by atoms with Crippen LogP contribution in [0.2, 0.25) is 0 Å². The monoisotopic (exact) mass is 390 g/mol. The summed E-state index contributed by atoms with van der Waals surface area (Å²) in [5, 5.41) is 0. The average molecular weight is 390 g/mol. The average Bonchev–Trinajstić information content (AvgIpc) is 2.72. The van der Waals surface area contributed by atoms with Crippen molar-refractivity contribution in [2.45, 2.75) is 12.8 Å². The summed E-state index contributed by atoms with van der Waals surface area (Å²) in [7, 11) is 5.79. The van der Waals surface area contributed by atoms with E-state index in [4.69, 9.17) is 28.4 Å². The van der Waals surface area contributed by atoms with Gasteiger partial charge < -0.3 is 28.4 Å². The molecule has 0 atom stereocenters. The number of carbonyl (C=O) groups is 2. The summed E-state index contributed by atoms with van der Waals surface area (Å²) in [6, 6.07) is 9.93. The molecule has 28 heavy (non-hydrogen) atoms. The fourth-order valence-electron chi connectivity index (χ4n) is 2.37. The van der Waals surface area contributed by atoms with E-state index in [1.807, 2.05) is 0 Å². The van der Waals surface area contributed by atoms with Crippen molar-refractivity contribution in [3.63, 3.8) is 0 Å². The normalized spacial score (nSPS) is 10.0. The summed E-state index contributed by atoms with van der Waals surface area (Å²) in [5.74, 6) is 0.402. The van der Waals surface area contributed by atoms with Gasteiger partial charge in [0.05, 0.1) is 41.3 Å². The van der Waals surface area contributed by atoms with Crippen LogP contribution in [-0.4, -0.2) is 40.4 Å². The highest BCUT2D eigenvalue weighted by Gasteiger charge is 2.19. The molecule has 0 bridgehead atoms. The molecule has 0 amide bonds. The molecule has 0 fully saturated rings. The summed E-state index contributed by atoms with van der Waals surface area (Å²) in [4.78, 5) is 24.3. The molecule has 2 aromatic rings. The van der Waals surface area contributed by atoms with Crippen molar-refractivity contribution in [2.24, 2.45) is 0 Å². The third-order valence-electron chi connectivity index (χ3n) is 3.73. The zero-order valence-electron chi connectivity index (χ0n) is 16.1. The Balaban J connectivity index is 2.00. The van der Waals surface area contributed by atoms with Crippen LogP contribution in [0.3, 0.4) is 0 Å². The van der Waals surface area contributed by atoms with Gasteiger partial charge in [-0.3, -0.25) is 9.59 Å². The van der Waals surface area contributed by atoms with Crippen molar-refractivity contribution in [1.82, 2.24) is 0 Å². The highest BCUT2D eigenvalue weighted by Crippen LogP contribution is 2.38. The van der Waals surface area contributed by atoms with Crippen molar-refractivity contribution in [3.8, 4) is 34.5 Å². The second kappa shape index (κ2) is 10.1. The first-order valence-electron chi connectivity index (χ1n) is 8.37. The van der Waals surface area contributed by atoms with Crippen LogP contribution < -0.4 is 28.4 Å². The zero-order chi connectivity index (χ0) is 20.5. The molecule has 150 valence electrons. The molecule has 0 aliphatic rings. The Hall–Kier alpha value is -3.42. The Bertz CT molecular complexity index is 717. The van der Waals surface area contributed by atoms with Crippen molar-refractivity contribution in [1.29, 1.82) is 0 Å². The van der Waals surface area contributed by atoms with Gasteiger partial charge in [-0.1, -0.05) is 12.1 Å². The minimum Gasteiger partial charge on any atom is -0.493 e. The first-order chi connectivity index (χ1) is 13.5. The van der Waals surface area contributed by atoms with Crippen LogP contribution in [0.4, 0.5) is 0 Å². The molecule has 0 saturated heterocycles. The Kier molecular flexibility index (Phi) is 7.50. The number of hydrogen-bond acceptors (Lipinski definition) is 8. The van der Waals surface area contributed by atoms with E-state index in [0.717, 1.165) is 0 Å². The van der Waals surface area contributed by atoms with Crippen LogP contribution in [-0.2, 0) is 9.59 Å². The van der Waals surface area contributed by atoms with E-state index < -0.39 is 11.9 Å². The molecule has 0 aromatic heterocycles. The van der Waals surface area contributed by atoms with Gasteiger partial charge in [-0.25, -0.2) is 0 Å². The summed E-state index contributed by atoms with van der Waals surface area (Å²) in [6.45, 7) is 0. The molecule has 0 radical (unpaired) electrons. The summed E-state index contributed by atoms with van der Waals surface area (Å²) in [6.07, 6.45) is -0.394. The number of ether oxygens (including phenoxy) is 6. The van der Waals surface area contributed by atoms with Gasteiger partial charge >= 0.3 is 11.9 Å². The Morgan fingerprint density at radius 1 is 0.607 bits per heavy atom. The number of benzene rings is 2. The molecular formula is C20H22O8. The van der Waals surface area contributed by atoms with E-state index in [9.17, 15) is 9.59 Å². The lowest BCUT2D eigenvalue weighted by Crippen LogP contribution is -2.15. The highest BCUT2D eigenvalue weighted by atomic mass is 16.6. The van der Waals surface area contributed by atoms with Gasteiger partial charge in [0.2, 0.25) is 11.5 Å². The van der Waals surface area contributed by atoms with Gasteiger partial charge in [-0.05, 0) is 24.3 Å². The summed E-state index contributed by atoms with van der Waals surface area (Å²) >= 11 is 0. The van der Waals surface area contributed by atoms with E-state index in [0.29, 0.717) is 23.0 Å². The van der Waals surface area contributed by atoms with E-state index in [1.165, 1.54) is 28.4 Å². The van der Waals surface area contributed by atoms with Gasteiger partial charge in [-0.15, -0.1) is 0 Å². The number of hydrogen-bond donors (Lipinski definition) is 0.